The van der Waals surface area contributed by atoms with E-state index in [9.17, 15) is 4.79 Å². The first-order valence-corrected chi connectivity index (χ1v) is 8.69. The lowest BCUT2D eigenvalue weighted by Gasteiger charge is -2.24. The van der Waals surface area contributed by atoms with E-state index in [0.29, 0.717) is 35.7 Å². The van der Waals surface area contributed by atoms with Crippen molar-refractivity contribution in [1.82, 2.24) is 19.8 Å². The lowest BCUT2D eigenvalue weighted by Crippen LogP contribution is -2.37. The number of nitrogens with zero attached hydrogens (tertiary/aromatic N) is 4. The van der Waals surface area contributed by atoms with Crippen molar-refractivity contribution in [1.29, 1.82) is 0 Å². The third-order valence-electron chi connectivity index (χ3n) is 4.53. The molecule has 1 aromatic heterocycles. The zero-order valence-electron chi connectivity index (χ0n) is 14.2. The molecular weight excluding hydrogens is 338 g/mol. The molecule has 0 saturated carbocycles. The number of hydrogen-bond acceptors (Lipinski definition) is 5. The molecule has 0 spiro atoms. The minimum atomic E-state index is 0.151. The molecule has 2 N–H and O–H groups in total. The first kappa shape index (κ1) is 17.6. The smallest absolute Gasteiger partial charge is 0.227 e. The molecule has 1 unspecified atom stereocenters. The normalized spacial score (nSPS) is 17.2. The van der Waals surface area contributed by atoms with Crippen LogP contribution in [-0.2, 0) is 17.8 Å². The number of aromatic nitrogens is 2. The van der Waals surface area contributed by atoms with Gasteiger partial charge < -0.3 is 10.6 Å². The Hall–Kier alpha value is -2.18. The van der Waals surface area contributed by atoms with E-state index in [2.05, 4.69) is 14.9 Å². The van der Waals surface area contributed by atoms with Gasteiger partial charge in [0.15, 0.2) is 0 Å². The predicted octanol–water partition coefficient (Wildman–Crippen LogP) is 1.99. The number of anilines is 1. The summed E-state index contributed by atoms with van der Waals surface area (Å²) in [7, 11) is 2.03. The summed E-state index contributed by atoms with van der Waals surface area (Å²) < 4.78 is 0. The Balaban J connectivity index is 1.53. The van der Waals surface area contributed by atoms with Gasteiger partial charge in [0.1, 0.15) is 11.6 Å². The SMILES string of the molecule is CN(Cc1nccc(N)n1)C1CCN(C(=O)Cc2ccc(Cl)cc2)C1. The summed E-state index contributed by atoms with van der Waals surface area (Å²) in [6.45, 7) is 2.12. The van der Waals surface area contributed by atoms with Gasteiger partial charge in [0.25, 0.3) is 0 Å². The summed E-state index contributed by atoms with van der Waals surface area (Å²) >= 11 is 5.89. The number of hydrogen-bond donors (Lipinski definition) is 1. The molecule has 6 nitrogen and oxygen atoms in total. The van der Waals surface area contributed by atoms with E-state index in [-0.39, 0.29) is 5.91 Å². The van der Waals surface area contributed by atoms with Crippen LogP contribution >= 0.6 is 11.6 Å². The first-order valence-electron chi connectivity index (χ1n) is 8.31. The van der Waals surface area contributed by atoms with Crippen LogP contribution in [0, 0.1) is 0 Å². The van der Waals surface area contributed by atoms with Crippen molar-refractivity contribution in [2.45, 2.75) is 25.4 Å². The number of nitrogen functional groups attached to an aromatic ring is 1. The van der Waals surface area contributed by atoms with Gasteiger partial charge in [0, 0.05) is 30.4 Å². The Morgan fingerprint density at radius 2 is 2.12 bits per heavy atom. The molecule has 0 bridgehead atoms. The highest BCUT2D eigenvalue weighted by atomic mass is 35.5. The zero-order valence-corrected chi connectivity index (χ0v) is 15.0. The summed E-state index contributed by atoms with van der Waals surface area (Å²) in [6, 6.07) is 9.41. The van der Waals surface area contributed by atoms with Gasteiger partial charge in [-0.1, -0.05) is 23.7 Å². The van der Waals surface area contributed by atoms with Crippen LogP contribution in [-0.4, -0.2) is 51.9 Å². The molecule has 25 heavy (non-hydrogen) atoms. The maximum absolute atomic E-state index is 12.5. The van der Waals surface area contributed by atoms with Crippen LogP contribution < -0.4 is 5.73 Å². The molecule has 1 aliphatic heterocycles. The van der Waals surface area contributed by atoms with Gasteiger partial charge in [-0.25, -0.2) is 9.97 Å². The first-order chi connectivity index (χ1) is 12.0. The highest BCUT2D eigenvalue weighted by molar-refractivity contribution is 6.30. The average molecular weight is 360 g/mol. The lowest BCUT2D eigenvalue weighted by molar-refractivity contribution is -0.129. The largest absolute Gasteiger partial charge is 0.384 e. The van der Waals surface area contributed by atoms with Gasteiger partial charge in [-0.05, 0) is 37.2 Å². The van der Waals surface area contributed by atoms with Crippen LogP contribution in [0.2, 0.25) is 5.02 Å². The highest BCUT2D eigenvalue weighted by Gasteiger charge is 2.29. The molecule has 3 rings (SSSR count). The predicted molar refractivity (Wildman–Crippen MR) is 98.1 cm³/mol. The van der Waals surface area contributed by atoms with Gasteiger partial charge >= 0.3 is 0 Å². The molecule has 1 saturated heterocycles. The van der Waals surface area contributed by atoms with Crippen molar-refractivity contribution in [2.75, 3.05) is 25.9 Å². The maximum Gasteiger partial charge on any atom is 0.227 e. The van der Waals surface area contributed by atoms with Crippen LogP contribution in [0.4, 0.5) is 5.82 Å². The Kier molecular flexibility index (Phi) is 5.50. The second kappa shape index (κ2) is 7.80. The fourth-order valence-electron chi connectivity index (χ4n) is 3.06. The van der Waals surface area contributed by atoms with Crippen LogP contribution in [0.25, 0.3) is 0 Å². The fraction of sp³-hybridized carbons (Fsp3) is 0.389. The number of likely N-dealkylation sites (tertiary alicyclic amines) is 1. The minimum Gasteiger partial charge on any atom is -0.384 e. The standard InChI is InChI=1S/C18H22ClN5O/c1-23(12-17-21-8-6-16(20)22-17)15-7-9-24(11-15)18(25)10-13-2-4-14(19)5-3-13/h2-6,8,15H,7,9-12H2,1H3,(H2,20,21,22). The molecule has 1 aromatic carbocycles. The highest BCUT2D eigenvalue weighted by Crippen LogP contribution is 2.18. The van der Waals surface area contributed by atoms with Crippen molar-refractivity contribution in [2.24, 2.45) is 0 Å². The van der Waals surface area contributed by atoms with Crippen molar-refractivity contribution in [3.8, 4) is 0 Å². The van der Waals surface area contributed by atoms with E-state index in [1.165, 1.54) is 0 Å². The van der Waals surface area contributed by atoms with Gasteiger partial charge in [0.05, 0.1) is 13.0 Å². The Morgan fingerprint density at radius 1 is 1.36 bits per heavy atom. The number of rotatable bonds is 5. The Labute approximate surface area is 152 Å². The summed E-state index contributed by atoms with van der Waals surface area (Å²) in [5.41, 5.74) is 6.69. The summed E-state index contributed by atoms with van der Waals surface area (Å²) in [5.74, 6) is 1.33. The molecule has 132 valence electrons. The maximum atomic E-state index is 12.5. The fourth-order valence-corrected chi connectivity index (χ4v) is 3.19. The molecule has 1 amide bonds. The minimum absolute atomic E-state index is 0.151. The second-order valence-corrected chi connectivity index (χ2v) is 6.83. The molecule has 1 fully saturated rings. The van der Waals surface area contributed by atoms with Crippen LogP contribution in [0.3, 0.4) is 0 Å². The molecule has 2 heterocycles. The summed E-state index contributed by atoms with van der Waals surface area (Å²) in [6.07, 6.45) is 3.03. The topological polar surface area (TPSA) is 75.4 Å². The van der Waals surface area contributed by atoms with E-state index in [1.807, 2.05) is 36.2 Å². The molecule has 1 atom stereocenters. The molecule has 0 radical (unpaired) electrons. The van der Waals surface area contributed by atoms with E-state index in [0.717, 1.165) is 25.1 Å². The van der Waals surface area contributed by atoms with Gasteiger partial charge in [-0.2, -0.15) is 0 Å². The zero-order chi connectivity index (χ0) is 17.8. The van der Waals surface area contributed by atoms with E-state index in [4.69, 9.17) is 17.3 Å². The Morgan fingerprint density at radius 3 is 2.84 bits per heavy atom. The van der Waals surface area contributed by atoms with Crippen LogP contribution in [0.1, 0.15) is 17.8 Å². The number of carbonyl (C=O) groups excluding carboxylic acids is 1. The van der Waals surface area contributed by atoms with E-state index >= 15 is 0 Å². The molecular formula is C18H22ClN5O. The summed E-state index contributed by atoms with van der Waals surface area (Å²) in [5, 5.41) is 0.683. The number of likely N-dealkylation sites (N-methyl/N-ethyl adjacent to an activating group) is 1. The van der Waals surface area contributed by atoms with Crippen molar-refractivity contribution in [3.63, 3.8) is 0 Å². The molecule has 1 aliphatic rings. The van der Waals surface area contributed by atoms with Crippen LogP contribution in [0.5, 0.6) is 0 Å². The van der Waals surface area contributed by atoms with E-state index in [1.54, 1.807) is 12.3 Å². The third-order valence-corrected chi connectivity index (χ3v) is 4.78. The number of carbonyl (C=O) groups is 1. The summed E-state index contributed by atoms with van der Waals surface area (Å²) in [4.78, 5) is 25.1. The van der Waals surface area contributed by atoms with Gasteiger partial charge in [0.2, 0.25) is 5.91 Å². The number of nitrogens with two attached hydrogens (primary N) is 1. The number of benzene rings is 1. The lowest BCUT2D eigenvalue weighted by atomic mass is 10.1. The number of amides is 1. The Bertz CT molecular complexity index is 737. The van der Waals surface area contributed by atoms with E-state index < -0.39 is 0 Å². The van der Waals surface area contributed by atoms with Gasteiger partial charge in [-0.15, -0.1) is 0 Å². The number of halogens is 1. The van der Waals surface area contributed by atoms with Crippen molar-refractivity contribution in [3.05, 3.63) is 52.9 Å². The quantitative estimate of drug-likeness (QED) is 0.883. The van der Waals surface area contributed by atoms with Crippen molar-refractivity contribution < 1.29 is 4.79 Å². The molecule has 0 aliphatic carbocycles. The second-order valence-electron chi connectivity index (χ2n) is 6.40. The van der Waals surface area contributed by atoms with Crippen LogP contribution in [0.15, 0.2) is 36.5 Å². The average Bonchev–Trinajstić information content (AvgIpc) is 3.07. The monoisotopic (exact) mass is 359 g/mol. The van der Waals surface area contributed by atoms with Gasteiger partial charge in [-0.3, -0.25) is 9.69 Å². The van der Waals surface area contributed by atoms with Crippen molar-refractivity contribution >= 4 is 23.3 Å². The third kappa shape index (κ3) is 4.67. The molecule has 2 aromatic rings. The molecule has 7 heteroatoms.